The molecule has 0 amide bonds. The molecule has 6 rings (SSSR count). The van der Waals surface area contributed by atoms with Crippen molar-refractivity contribution in [1.82, 2.24) is 5.32 Å². The second kappa shape index (κ2) is 15.9. The largest absolute Gasteiger partial charge is 0.579 e. The van der Waals surface area contributed by atoms with Gasteiger partial charge in [-0.2, -0.15) is 5.26 Å². The van der Waals surface area contributed by atoms with Crippen LogP contribution in [0.25, 0.3) is 11.1 Å². The second-order valence-electron chi connectivity index (χ2n) is 14.4. The van der Waals surface area contributed by atoms with Crippen LogP contribution in [0.4, 0.5) is 4.39 Å². The number of rotatable bonds is 12. The summed E-state index contributed by atoms with van der Waals surface area (Å²) in [5.74, 6) is -0.0289. The molecular weight excluding hydrogens is 667 g/mol. The molecule has 2 aliphatic carbocycles. The van der Waals surface area contributed by atoms with Gasteiger partial charge in [0.05, 0.1) is 40.8 Å². The molecule has 1 heterocycles. The fraction of sp³-hybridized carbons (Fsp3) is 0.381. The van der Waals surface area contributed by atoms with Gasteiger partial charge in [0.1, 0.15) is 23.3 Å². The van der Waals surface area contributed by atoms with Crippen molar-refractivity contribution in [2.75, 3.05) is 13.2 Å². The zero-order valence-electron chi connectivity index (χ0n) is 29.3. The number of aliphatic hydroxyl groups excluding tert-OH is 1. The average Bonchev–Trinajstić information content (AvgIpc) is 3.68. The molecule has 0 bridgehead atoms. The molecule has 9 heteroatoms. The summed E-state index contributed by atoms with van der Waals surface area (Å²) in [4.78, 5) is 12.7. The molecule has 4 unspecified atom stereocenters. The van der Waals surface area contributed by atoms with Gasteiger partial charge in [-0.15, -0.1) is 0 Å². The van der Waals surface area contributed by atoms with E-state index >= 15 is 0 Å². The number of halogens is 2. The minimum atomic E-state index is -0.633. The van der Waals surface area contributed by atoms with Crippen molar-refractivity contribution in [3.05, 3.63) is 118 Å². The Bertz CT molecular complexity index is 1910. The second-order valence-corrected chi connectivity index (χ2v) is 14.8. The number of nitriles is 1. The third kappa shape index (κ3) is 9.09. The first kappa shape index (κ1) is 36.4. The van der Waals surface area contributed by atoms with Crippen LogP contribution in [0.15, 0.2) is 90.0 Å². The first-order valence-corrected chi connectivity index (χ1v) is 18.0. The van der Waals surface area contributed by atoms with E-state index in [2.05, 4.69) is 17.5 Å². The molecule has 266 valence electrons. The lowest BCUT2D eigenvalue weighted by molar-refractivity contribution is -0.161. The minimum Gasteiger partial charge on any atom is -0.579 e. The van der Waals surface area contributed by atoms with Gasteiger partial charge < -0.3 is 24.6 Å². The van der Waals surface area contributed by atoms with E-state index < -0.39 is 17.5 Å². The number of allylic oxidation sites excluding steroid dienone is 4. The Morgan fingerprint density at radius 2 is 1.94 bits per heavy atom. The van der Waals surface area contributed by atoms with Crippen LogP contribution < -0.4 is 10.1 Å². The van der Waals surface area contributed by atoms with E-state index in [1.807, 2.05) is 75.4 Å². The third-order valence-corrected chi connectivity index (χ3v) is 9.76. The summed E-state index contributed by atoms with van der Waals surface area (Å²) in [5, 5.41) is 23.5. The normalized spacial score (nSPS) is 22.9. The Morgan fingerprint density at radius 3 is 2.71 bits per heavy atom. The molecule has 0 aromatic heterocycles. The summed E-state index contributed by atoms with van der Waals surface area (Å²) in [6, 6.07) is 18.9. The standard InChI is InChI=1S/C42H44ClFN2O5/c1-42(2,3)51-41(48)29(24-47)21-37-36(46-37)20-28-19-34(43)40(22-39(28)49-25-27-11-6-4-5-10-26(18-27)23-45)50-38-17-16-31-30(13-9-14-33(31)38)32-12-7-8-15-35(32)44/h5,7-15,18-19,22,29,36-38,46-47H,4,6,16-17,20-21,24-25H2,1-3H3/p+1/b10-5+,26-18+,27-11+. The van der Waals surface area contributed by atoms with Crippen molar-refractivity contribution < 1.29 is 28.5 Å². The van der Waals surface area contributed by atoms with Crippen molar-refractivity contribution in [2.45, 2.75) is 83.1 Å². The summed E-state index contributed by atoms with van der Waals surface area (Å²) in [6.45, 7) is 5.53. The molecule has 51 heavy (non-hydrogen) atoms. The van der Waals surface area contributed by atoms with Gasteiger partial charge in [0.25, 0.3) is 5.75 Å². The smallest absolute Gasteiger partial charge is 0.311 e. The summed E-state index contributed by atoms with van der Waals surface area (Å²) in [5.41, 5.74) is 5.38. The lowest BCUT2D eigenvalue weighted by atomic mass is 9.96. The Hall–Kier alpha value is -4.42. The molecule has 3 N–H and O–H groups in total. The Morgan fingerprint density at radius 1 is 1.14 bits per heavy atom. The van der Waals surface area contributed by atoms with Crippen molar-refractivity contribution in [3.63, 3.8) is 0 Å². The average molecular weight is 712 g/mol. The van der Waals surface area contributed by atoms with Crippen LogP contribution in [-0.4, -0.2) is 46.7 Å². The highest BCUT2D eigenvalue weighted by Crippen LogP contribution is 2.44. The summed E-state index contributed by atoms with van der Waals surface area (Å²) >= 11 is 6.94. The number of aromatic hydroxyl groups is 1. The molecule has 0 saturated carbocycles. The van der Waals surface area contributed by atoms with Gasteiger partial charge in [0, 0.05) is 23.2 Å². The van der Waals surface area contributed by atoms with E-state index in [9.17, 15) is 19.6 Å². The Kier molecular flexibility index (Phi) is 11.3. The molecule has 1 saturated heterocycles. The zero-order chi connectivity index (χ0) is 36.1. The SMILES string of the molecule is CC(C)(C)OC(=O)C(CO)CC1NC1Cc1cc(Cl)c(OC2CCc3c(-c4ccccc4F)cccc32)cc1[OH+]CC1=C/CC/C=C/C(C#N)=C\1. The molecule has 1 fully saturated rings. The first-order chi connectivity index (χ1) is 24.5. The highest BCUT2D eigenvalue weighted by Gasteiger charge is 2.41. The lowest BCUT2D eigenvalue weighted by Gasteiger charge is -2.23. The minimum absolute atomic E-state index is 0.0251. The molecule has 4 atom stereocenters. The predicted molar refractivity (Wildman–Crippen MR) is 197 cm³/mol. The van der Waals surface area contributed by atoms with Gasteiger partial charge >= 0.3 is 5.97 Å². The third-order valence-electron chi connectivity index (χ3n) is 9.46. The Labute approximate surface area is 304 Å². The molecule has 7 nitrogen and oxygen atoms in total. The maximum Gasteiger partial charge on any atom is 0.311 e. The van der Waals surface area contributed by atoms with Crippen LogP contribution in [0.5, 0.6) is 11.5 Å². The van der Waals surface area contributed by atoms with Crippen LogP contribution >= 0.6 is 11.6 Å². The number of fused-ring (bicyclic) bond motifs is 1. The van der Waals surface area contributed by atoms with Crippen LogP contribution in [0.3, 0.4) is 0 Å². The number of carbonyl (C=O) groups excluding carboxylic acids is 1. The number of benzene rings is 3. The summed E-state index contributed by atoms with van der Waals surface area (Å²) < 4.78 is 32.0. The van der Waals surface area contributed by atoms with Crippen LogP contribution in [0.2, 0.25) is 5.02 Å². The zero-order valence-corrected chi connectivity index (χ0v) is 30.1. The number of hydrogen-bond donors (Lipinski definition) is 2. The number of nitrogens with one attached hydrogen (secondary N) is 1. The van der Waals surface area contributed by atoms with E-state index in [0.717, 1.165) is 59.3 Å². The van der Waals surface area contributed by atoms with Crippen molar-refractivity contribution in [3.8, 4) is 28.7 Å². The topological polar surface area (TPSA) is 114 Å². The monoisotopic (exact) mass is 711 g/mol. The van der Waals surface area contributed by atoms with Crippen LogP contribution in [0.1, 0.15) is 69.2 Å². The predicted octanol–water partition coefficient (Wildman–Crippen LogP) is 8.40. The van der Waals surface area contributed by atoms with Gasteiger partial charge in [0.15, 0.2) is 6.61 Å². The highest BCUT2D eigenvalue weighted by atomic mass is 35.5. The molecule has 0 radical (unpaired) electrons. The number of nitrogens with zero attached hydrogens (tertiary/aromatic N) is 1. The fourth-order valence-electron chi connectivity index (χ4n) is 6.87. The van der Waals surface area contributed by atoms with Gasteiger partial charge in [-0.1, -0.05) is 60.2 Å². The lowest BCUT2D eigenvalue weighted by Crippen LogP contribution is -2.31. The van der Waals surface area contributed by atoms with Crippen LogP contribution in [0, 0.1) is 23.1 Å². The van der Waals surface area contributed by atoms with Crippen molar-refractivity contribution in [1.29, 1.82) is 5.26 Å². The number of aliphatic hydroxyl groups is 2. The van der Waals surface area contributed by atoms with E-state index in [4.69, 9.17) is 25.8 Å². The molecule has 1 aliphatic heterocycles. The summed E-state index contributed by atoms with van der Waals surface area (Å²) in [7, 11) is 0. The fourth-order valence-corrected chi connectivity index (χ4v) is 7.10. The number of hydrogen-bond acceptors (Lipinski definition) is 6. The van der Waals surface area contributed by atoms with E-state index in [1.54, 1.807) is 12.1 Å². The highest BCUT2D eigenvalue weighted by molar-refractivity contribution is 6.32. The van der Waals surface area contributed by atoms with Crippen molar-refractivity contribution in [2.24, 2.45) is 5.92 Å². The van der Waals surface area contributed by atoms with E-state index in [-0.39, 0.29) is 30.6 Å². The number of carbonyl (C=O) groups is 1. The van der Waals surface area contributed by atoms with Crippen LogP contribution in [-0.2, 0) is 22.4 Å². The van der Waals surface area contributed by atoms with Gasteiger partial charge in [0.2, 0.25) is 0 Å². The molecule has 0 spiro atoms. The number of esters is 1. The van der Waals surface area contributed by atoms with E-state index in [1.165, 1.54) is 6.07 Å². The molecule has 3 aromatic carbocycles. The van der Waals surface area contributed by atoms with Gasteiger partial charge in [-0.25, -0.2) is 4.39 Å². The molecular formula is C42H45ClFN2O5+. The van der Waals surface area contributed by atoms with Gasteiger partial charge in [-0.3, -0.25) is 4.79 Å². The maximum absolute atomic E-state index is 14.8. The quantitative estimate of drug-likeness (QED) is 0.111. The van der Waals surface area contributed by atoms with Crippen molar-refractivity contribution >= 4 is 17.6 Å². The maximum atomic E-state index is 14.8. The summed E-state index contributed by atoms with van der Waals surface area (Å²) in [6.07, 6.45) is 11.8. The first-order valence-electron chi connectivity index (χ1n) is 17.6. The molecule has 3 aromatic rings. The number of ether oxygens (including phenoxy) is 3. The van der Waals surface area contributed by atoms with E-state index in [0.29, 0.717) is 41.4 Å². The Balaban J connectivity index is 1.23. The van der Waals surface area contributed by atoms with Gasteiger partial charge in [-0.05, 0) is 100 Å². The molecule has 3 aliphatic rings.